The highest BCUT2D eigenvalue weighted by molar-refractivity contribution is 6.33. The minimum Gasteiger partial charge on any atom is -0.454 e. The number of hydrogen-bond acceptors (Lipinski definition) is 5. The molecule has 1 amide bonds. The summed E-state index contributed by atoms with van der Waals surface area (Å²) in [6.07, 6.45) is 0. The molecule has 6 nitrogen and oxygen atoms in total. The SMILES string of the molecule is Cc1ccc(C)c(-c2cc(CN(Cc3ccc4c(c3)OCO4)C(=O)c3ccccc3Cl)no2)c1. The zero-order valence-corrected chi connectivity index (χ0v) is 19.6. The van der Waals surface area contributed by atoms with Gasteiger partial charge < -0.3 is 18.9 Å². The molecule has 0 aliphatic carbocycles. The summed E-state index contributed by atoms with van der Waals surface area (Å²) in [6, 6.07) is 20.8. The first kappa shape index (κ1) is 22.0. The molecule has 0 fully saturated rings. The summed E-state index contributed by atoms with van der Waals surface area (Å²) in [5.74, 6) is 1.84. The normalized spacial score (nSPS) is 12.1. The first-order valence-electron chi connectivity index (χ1n) is 10.9. The molecule has 1 aromatic heterocycles. The van der Waals surface area contributed by atoms with E-state index >= 15 is 0 Å². The van der Waals surface area contributed by atoms with E-state index in [0.717, 1.165) is 22.3 Å². The molecule has 0 N–H and O–H groups in total. The van der Waals surface area contributed by atoms with Crippen LogP contribution in [0, 0.1) is 13.8 Å². The molecular weight excluding hydrogens is 452 g/mol. The third kappa shape index (κ3) is 4.50. The maximum Gasteiger partial charge on any atom is 0.256 e. The molecule has 172 valence electrons. The Kier molecular flexibility index (Phi) is 5.99. The number of benzene rings is 3. The molecule has 7 heteroatoms. The third-order valence-electron chi connectivity index (χ3n) is 5.77. The van der Waals surface area contributed by atoms with Gasteiger partial charge in [0.05, 0.1) is 17.1 Å². The first-order chi connectivity index (χ1) is 16.5. The number of amides is 1. The molecular formula is C27H23ClN2O4. The first-order valence-corrected chi connectivity index (χ1v) is 11.3. The van der Waals surface area contributed by atoms with E-state index in [-0.39, 0.29) is 19.2 Å². The summed E-state index contributed by atoms with van der Waals surface area (Å²) < 4.78 is 16.6. The maximum atomic E-state index is 13.5. The standard InChI is InChI=1S/C27H23ClN2O4/c1-17-7-8-18(2)22(11-17)25-13-20(29-34-25)15-30(27(31)21-5-3-4-6-23(21)28)14-19-9-10-24-26(12-19)33-16-32-24/h3-13H,14-16H2,1-2H3. The van der Waals surface area contributed by atoms with Crippen molar-refractivity contribution in [2.75, 3.05) is 6.79 Å². The molecule has 0 bridgehead atoms. The Morgan fingerprint density at radius 3 is 2.65 bits per heavy atom. The molecule has 0 saturated heterocycles. The second-order valence-electron chi connectivity index (χ2n) is 8.33. The lowest BCUT2D eigenvalue weighted by Crippen LogP contribution is -2.30. The Labute approximate surface area is 202 Å². The fourth-order valence-corrected chi connectivity index (χ4v) is 4.19. The van der Waals surface area contributed by atoms with E-state index < -0.39 is 0 Å². The van der Waals surface area contributed by atoms with Gasteiger partial charge in [-0.3, -0.25) is 4.79 Å². The largest absolute Gasteiger partial charge is 0.454 e. The number of halogens is 1. The van der Waals surface area contributed by atoms with Crippen LogP contribution in [0.2, 0.25) is 5.02 Å². The number of rotatable bonds is 6. The van der Waals surface area contributed by atoms with E-state index in [1.807, 2.05) is 38.1 Å². The average molecular weight is 475 g/mol. The van der Waals surface area contributed by atoms with Crippen LogP contribution in [0.1, 0.15) is 32.7 Å². The topological polar surface area (TPSA) is 64.8 Å². The average Bonchev–Trinajstić information content (AvgIpc) is 3.49. The molecule has 0 unspecified atom stereocenters. The zero-order chi connectivity index (χ0) is 23.7. The summed E-state index contributed by atoms with van der Waals surface area (Å²) in [4.78, 5) is 15.2. The highest BCUT2D eigenvalue weighted by atomic mass is 35.5. The number of ether oxygens (including phenoxy) is 2. The zero-order valence-electron chi connectivity index (χ0n) is 18.9. The van der Waals surface area contributed by atoms with Gasteiger partial charge in [0.25, 0.3) is 5.91 Å². The molecule has 3 aromatic carbocycles. The number of hydrogen-bond donors (Lipinski definition) is 0. The maximum absolute atomic E-state index is 13.5. The van der Waals surface area contributed by atoms with Crippen LogP contribution in [-0.2, 0) is 13.1 Å². The summed E-state index contributed by atoms with van der Waals surface area (Å²) in [6.45, 7) is 4.86. The Hall–Kier alpha value is -3.77. The third-order valence-corrected chi connectivity index (χ3v) is 6.10. The lowest BCUT2D eigenvalue weighted by Gasteiger charge is -2.22. The second-order valence-corrected chi connectivity index (χ2v) is 8.74. The number of fused-ring (bicyclic) bond motifs is 1. The number of carbonyl (C=O) groups excluding carboxylic acids is 1. The summed E-state index contributed by atoms with van der Waals surface area (Å²) >= 11 is 6.34. The van der Waals surface area contributed by atoms with Gasteiger partial charge in [-0.1, -0.05) is 52.7 Å². The van der Waals surface area contributed by atoms with E-state index in [1.54, 1.807) is 29.2 Å². The van der Waals surface area contributed by atoms with E-state index in [4.69, 9.17) is 25.6 Å². The second kappa shape index (κ2) is 9.23. The van der Waals surface area contributed by atoms with Gasteiger partial charge in [-0.25, -0.2) is 0 Å². The van der Waals surface area contributed by atoms with Crippen molar-refractivity contribution in [3.05, 3.63) is 99.7 Å². The molecule has 4 aromatic rings. The minimum absolute atomic E-state index is 0.195. The van der Waals surface area contributed by atoms with Crippen molar-refractivity contribution in [3.63, 3.8) is 0 Å². The Morgan fingerprint density at radius 2 is 1.79 bits per heavy atom. The van der Waals surface area contributed by atoms with Crippen molar-refractivity contribution < 1.29 is 18.8 Å². The van der Waals surface area contributed by atoms with Crippen LogP contribution in [0.3, 0.4) is 0 Å². The van der Waals surface area contributed by atoms with Crippen LogP contribution in [0.5, 0.6) is 11.5 Å². The van der Waals surface area contributed by atoms with Crippen LogP contribution in [0.25, 0.3) is 11.3 Å². The van der Waals surface area contributed by atoms with Gasteiger partial charge in [-0.05, 0) is 55.3 Å². The fourth-order valence-electron chi connectivity index (χ4n) is 3.97. The van der Waals surface area contributed by atoms with Crippen molar-refractivity contribution in [1.29, 1.82) is 0 Å². The number of aryl methyl sites for hydroxylation is 2. The van der Waals surface area contributed by atoms with Crippen LogP contribution >= 0.6 is 11.6 Å². The molecule has 0 spiro atoms. The predicted molar refractivity (Wildman–Crippen MR) is 129 cm³/mol. The van der Waals surface area contributed by atoms with Crippen molar-refractivity contribution >= 4 is 17.5 Å². The van der Waals surface area contributed by atoms with Gasteiger partial charge in [-0.2, -0.15) is 0 Å². The summed E-state index contributed by atoms with van der Waals surface area (Å²) in [5, 5.41) is 4.66. The molecule has 5 rings (SSSR count). The van der Waals surface area contributed by atoms with Gasteiger partial charge in [0, 0.05) is 18.2 Å². The highest BCUT2D eigenvalue weighted by Gasteiger charge is 2.22. The molecule has 2 heterocycles. The number of nitrogens with zero attached hydrogens (tertiary/aromatic N) is 2. The Balaban J connectivity index is 1.45. The van der Waals surface area contributed by atoms with Crippen molar-refractivity contribution in [2.45, 2.75) is 26.9 Å². The Bertz CT molecular complexity index is 1360. The van der Waals surface area contributed by atoms with Crippen molar-refractivity contribution in [3.8, 4) is 22.8 Å². The van der Waals surface area contributed by atoms with Gasteiger partial charge in [-0.15, -0.1) is 0 Å². The van der Waals surface area contributed by atoms with Crippen LogP contribution in [0.4, 0.5) is 0 Å². The van der Waals surface area contributed by atoms with Crippen LogP contribution < -0.4 is 9.47 Å². The van der Waals surface area contributed by atoms with E-state index in [9.17, 15) is 4.79 Å². The smallest absolute Gasteiger partial charge is 0.256 e. The highest BCUT2D eigenvalue weighted by Crippen LogP contribution is 2.33. The van der Waals surface area contributed by atoms with Crippen molar-refractivity contribution in [2.24, 2.45) is 0 Å². The molecule has 1 aliphatic heterocycles. The van der Waals surface area contributed by atoms with E-state index in [2.05, 4.69) is 23.4 Å². The quantitative estimate of drug-likeness (QED) is 0.333. The fraction of sp³-hybridized carbons (Fsp3) is 0.185. The monoisotopic (exact) mass is 474 g/mol. The molecule has 1 aliphatic rings. The molecule has 0 radical (unpaired) electrons. The van der Waals surface area contributed by atoms with E-state index in [1.165, 1.54) is 0 Å². The van der Waals surface area contributed by atoms with Gasteiger partial charge in [0.2, 0.25) is 6.79 Å². The van der Waals surface area contributed by atoms with Gasteiger partial charge in [0.1, 0.15) is 5.69 Å². The van der Waals surface area contributed by atoms with Crippen LogP contribution in [0.15, 0.2) is 71.3 Å². The molecule has 0 atom stereocenters. The minimum atomic E-state index is -0.195. The van der Waals surface area contributed by atoms with E-state index in [0.29, 0.717) is 40.1 Å². The van der Waals surface area contributed by atoms with Gasteiger partial charge >= 0.3 is 0 Å². The predicted octanol–water partition coefficient (Wildman–Crippen LogP) is 6.18. The molecule has 34 heavy (non-hydrogen) atoms. The number of aromatic nitrogens is 1. The lowest BCUT2D eigenvalue weighted by atomic mass is 10.0. The van der Waals surface area contributed by atoms with Gasteiger partial charge in [0.15, 0.2) is 17.3 Å². The number of carbonyl (C=O) groups is 1. The van der Waals surface area contributed by atoms with Crippen molar-refractivity contribution in [1.82, 2.24) is 10.1 Å². The Morgan fingerprint density at radius 1 is 0.971 bits per heavy atom. The summed E-state index contributed by atoms with van der Waals surface area (Å²) in [7, 11) is 0. The van der Waals surface area contributed by atoms with Crippen LogP contribution in [-0.4, -0.2) is 22.8 Å². The summed E-state index contributed by atoms with van der Waals surface area (Å²) in [5.41, 5.74) is 5.20. The lowest BCUT2D eigenvalue weighted by molar-refractivity contribution is 0.0726. The molecule has 0 saturated carbocycles.